The van der Waals surface area contributed by atoms with E-state index in [2.05, 4.69) is 0 Å². The van der Waals surface area contributed by atoms with Crippen LogP contribution in [0.4, 0.5) is 5.69 Å². The maximum absolute atomic E-state index is 8.73. The topological polar surface area (TPSA) is 44.0 Å². The number of phenolic OH excluding ortho intramolecular Hbond substituents is 1. The van der Waals surface area contributed by atoms with Crippen molar-refractivity contribution in [3.05, 3.63) is 30.0 Å². The van der Waals surface area contributed by atoms with Crippen molar-refractivity contribution in [1.29, 1.82) is 0 Å². The summed E-state index contributed by atoms with van der Waals surface area (Å²) in [6.45, 7) is 0. The zero-order chi connectivity index (χ0) is 5.98. The molecule has 0 aliphatic heterocycles. The molecule has 3 heteroatoms. The van der Waals surface area contributed by atoms with Crippen molar-refractivity contribution in [3.8, 4) is 5.75 Å². The van der Waals surface area contributed by atoms with Crippen molar-refractivity contribution >= 4 is 5.69 Å². The summed E-state index contributed by atoms with van der Waals surface area (Å²) in [4.78, 5) is 0. The molecule has 0 unspecified atom stereocenters. The molecule has 0 atom stereocenters. The molecule has 0 aromatic heterocycles. The van der Waals surface area contributed by atoms with E-state index in [4.69, 9.17) is 10.8 Å². The number of hydrogen-bond donors (Lipinski definition) is 1. The van der Waals surface area contributed by atoms with Crippen molar-refractivity contribution in [3.63, 3.8) is 0 Å². The predicted octanol–water partition coefficient (Wildman–Crippen LogP) is -0.920. The third-order valence-electron chi connectivity index (χ3n) is 0.904. The fraction of sp³-hybridized carbons (Fsp3) is 0. The minimum atomic E-state index is 0. The molecule has 1 rings (SSSR count). The minimum absolute atomic E-state index is 0. The second kappa shape index (κ2) is 3.44. The molecule has 0 aliphatic rings. The van der Waals surface area contributed by atoms with Gasteiger partial charge in [-0.1, -0.05) is 23.9 Å². The summed E-state index contributed by atoms with van der Waals surface area (Å²) in [6.07, 6.45) is 0. The SMILES string of the molecule is [Li+].[NH-]c1ccccc1O. The molecule has 1 aromatic carbocycles. The van der Waals surface area contributed by atoms with Crippen molar-refractivity contribution in [2.45, 2.75) is 0 Å². The Morgan fingerprint density at radius 3 is 2.11 bits per heavy atom. The molecule has 0 spiro atoms. The monoisotopic (exact) mass is 115 g/mol. The van der Waals surface area contributed by atoms with Gasteiger partial charge >= 0.3 is 18.9 Å². The van der Waals surface area contributed by atoms with Crippen LogP contribution in [-0.4, -0.2) is 5.11 Å². The number of rotatable bonds is 0. The molecular formula is C6H6LiNO. The van der Waals surface area contributed by atoms with Crippen LogP contribution < -0.4 is 18.9 Å². The zero-order valence-electron chi connectivity index (χ0n) is 5.26. The molecule has 9 heavy (non-hydrogen) atoms. The van der Waals surface area contributed by atoms with E-state index >= 15 is 0 Å². The molecule has 0 bridgehead atoms. The van der Waals surface area contributed by atoms with Crippen LogP contribution in [0, 0.1) is 0 Å². The smallest absolute Gasteiger partial charge is 0.696 e. The summed E-state index contributed by atoms with van der Waals surface area (Å²) in [6, 6.07) is 6.42. The van der Waals surface area contributed by atoms with Crippen molar-refractivity contribution in [2.24, 2.45) is 0 Å². The molecule has 0 heterocycles. The predicted molar refractivity (Wildman–Crippen MR) is 32.1 cm³/mol. The summed E-state index contributed by atoms with van der Waals surface area (Å²) >= 11 is 0. The Bertz CT molecular complexity index is 169. The van der Waals surface area contributed by atoms with Gasteiger partial charge in [-0.25, -0.2) is 0 Å². The van der Waals surface area contributed by atoms with E-state index in [1.165, 1.54) is 12.1 Å². The second-order valence-electron chi connectivity index (χ2n) is 1.52. The Morgan fingerprint density at radius 2 is 1.78 bits per heavy atom. The summed E-state index contributed by atoms with van der Waals surface area (Å²) in [5, 5.41) is 8.73. The van der Waals surface area contributed by atoms with Gasteiger partial charge in [0.1, 0.15) is 5.75 Å². The minimum Gasteiger partial charge on any atom is -0.696 e. The van der Waals surface area contributed by atoms with E-state index in [1.807, 2.05) is 0 Å². The Balaban J connectivity index is 0.000000640. The average molecular weight is 115 g/mol. The Hall–Kier alpha value is -0.583. The van der Waals surface area contributed by atoms with Crippen LogP contribution in [0.5, 0.6) is 5.75 Å². The van der Waals surface area contributed by atoms with Gasteiger partial charge in [-0.15, -0.1) is 0 Å². The van der Waals surface area contributed by atoms with E-state index in [0.717, 1.165) is 0 Å². The van der Waals surface area contributed by atoms with Crippen LogP contribution in [0.15, 0.2) is 24.3 Å². The molecule has 1 aromatic rings. The zero-order valence-corrected chi connectivity index (χ0v) is 5.26. The van der Waals surface area contributed by atoms with Gasteiger partial charge in [-0.2, -0.15) is 0 Å². The van der Waals surface area contributed by atoms with Crippen LogP contribution in [0.1, 0.15) is 0 Å². The third kappa shape index (κ3) is 2.01. The van der Waals surface area contributed by atoms with Gasteiger partial charge in [-0.05, 0) is 6.07 Å². The molecule has 0 saturated carbocycles. The van der Waals surface area contributed by atoms with Crippen LogP contribution in [0.2, 0.25) is 0 Å². The molecule has 0 saturated heterocycles. The fourth-order valence-electron chi connectivity index (χ4n) is 0.474. The number of nitrogens with one attached hydrogen (secondary N) is 1. The van der Waals surface area contributed by atoms with Crippen molar-refractivity contribution in [2.75, 3.05) is 0 Å². The van der Waals surface area contributed by atoms with Crippen LogP contribution in [0.25, 0.3) is 5.73 Å². The maximum Gasteiger partial charge on any atom is 1.00 e. The first-order valence-electron chi connectivity index (χ1n) is 2.30. The molecular weight excluding hydrogens is 109 g/mol. The second-order valence-corrected chi connectivity index (χ2v) is 1.52. The van der Waals surface area contributed by atoms with Crippen molar-refractivity contribution < 1.29 is 24.0 Å². The van der Waals surface area contributed by atoms with E-state index < -0.39 is 0 Å². The number of para-hydroxylation sites is 1. The molecule has 0 fully saturated rings. The average Bonchev–Trinajstić information content (AvgIpc) is 1.77. The number of benzene rings is 1. The summed E-state index contributed by atoms with van der Waals surface area (Å²) < 4.78 is 0. The molecule has 2 N–H and O–H groups in total. The van der Waals surface area contributed by atoms with Crippen LogP contribution >= 0.6 is 0 Å². The Kier molecular flexibility index (Phi) is 3.22. The first kappa shape index (κ1) is 8.42. The number of phenols is 1. The quantitative estimate of drug-likeness (QED) is 0.345. The van der Waals surface area contributed by atoms with Crippen molar-refractivity contribution in [1.82, 2.24) is 0 Å². The largest absolute Gasteiger partial charge is 1.00 e. The third-order valence-corrected chi connectivity index (χ3v) is 0.904. The van der Waals surface area contributed by atoms with Crippen LogP contribution in [0.3, 0.4) is 0 Å². The number of hydrogen-bond acceptors (Lipinski definition) is 1. The Labute approximate surface area is 65.9 Å². The Morgan fingerprint density at radius 1 is 1.22 bits per heavy atom. The normalized spacial score (nSPS) is 8.00. The summed E-state index contributed by atoms with van der Waals surface area (Å²) in [5.41, 5.74) is 7.14. The first-order valence-corrected chi connectivity index (χ1v) is 2.30. The van der Waals surface area contributed by atoms with Gasteiger partial charge < -0.3 is 10.8 Å². The maximum atomic E-state index is 8.73. The van der Waals surface area contributed by atoms with Gasteiger partial charge in [0.05, 0.1) is 0 Å². The first-order chi connectivity index (χ1) is 3.80. The van der Waals surface area contributed by atoms with Gasteiger partial charge in [0.2, 0.25) is 0 Å². The van der Waals surface area contributed by atoms with Gasteiger partial charge in [0, 0.05) is 0 Å². The molecule has 0 radical (unpaired) electrons. The summed E-state index contributed by atoms with van der Waals surface area (Å²) in [5.74, 6) is 0.0347. The molecule has 42 valence electrons. The van der Waals surface area contributed by atoms with Gasteiger partial charge in [0.15, 0.2) is 0 Å². The molecule has 2 nitrogen and oxygen atoms in total. The van der Waals surface area contributed by atoms with E-state index in [-0.39, 0.29) is 30.3 Å². The van der Waals surface area contributed by atoms with E-state index in [9.17, 15) is 0 Å². The van der Waals surface area contributed by atoms with Crippen LogP contribution in [-0.2, 0) is 0 Å². The van der Waals surface area contributed by atoms with Gasteiger partial charge in [0.25, 0.3) is 0 Å². The standard InChI is InChI=1S/C6H6NO.Li/c7-5-3-1-2-4-6(5)8;/h1-4,7-8H;/q-1;+1. The number of aromatic hydroxyl groups is 1. The fourth-order valence-corrected chi connectivity index (χ4v) is 0.474. The van der Waals surface area contributed by atoms with E-state index in [0.29, 0.717) is 0 Å². The summed E-state index contributed by atoms with van der Waals surface area (Å²) in [7, 11) is 0. The molecule has 0 aliphatic carbocycles. The molecule has 0 amide bonds. The van der Waals surface area contributed by atoms with Gasteiger partial charge in [-0.3, -0.25) is 0 Å². The van der Waals surface area contributed by atoms with E-state index in [1.54, 1.807) is 12.1 Å².